The van der Waals surface area contributed by atoms with Crippen molar-refractivity contribution >= 4 is 44.5 Å². The minimum atomic E-state index is -0.00621. The molecule has 1 atom stereocenters. The van der Waals surface area contributed by atoms with Gasteiger partial charge in [-0.15, -0.1) is 0 Å². The van der Waals surface area contributed by atoms with Crippen molar-refractivity contribution in [2.24, 2.45) is 5.92 Å². The molecule has 0 unspecified atom stereocenters. The van der Waals surface area contributed by atoms with Gasteiger partial charge in [0.2, 0.25) is 5.91 Å². The highest BCUT2D eigenvalue weighted by atomic mass is 79.9. The normalized spacial score (nSPS) is 16.5. The second-order valence-electron chi connectivity index (χ2n) is 9.15. The molecule has 0 spiro atoms. The van der Waals surface area contributed by atoms with E-state index in [0.717, 1.165) is 70.9 Å². The van der Waals surface area contributed by atoms with Gasteiger partial charge in [0.1, 0.15) is 5.82 Å². The number of hydrogen-bond acceptors (Lipinski definition) is 3. The maximum atomic E-state index is 12.9. The van der Waals surface area contributed by atoms with Gasteiger partial charge in [0.05, 0.1) is 23.5 Å². The first kappa shape index (κ1) is 24.0. The quantitative estimate of drug-likeness (QED) is 0.305. The van der Waals surface area contributed by atoms with Gasteiger partial charge in [-0.05, 0) is 66.9 Å². The van der Waals surface area contributed by atoms with Crippen LogP contribution in [0.1, 0.15) is 29.8 Å². The highest BCUT2D eigenvalue weighted by Gasteiger charge is 2.27. The number of rotatable bonds is 7. The van der Waals surface area contributed by atoms with Crippen LogP contribution in [0.25, 0.3) is 11.0 Å². The van der Waals surface area contributed by atoms with Crippen molar-refractivity contribution in [3.8, 4) is 0 Å². The van der Waals surface area contributed by atoms with Crippen molar-refractivity contribution < 1.29 is 4.79 Å². The Kier molecular flexibility index (Phi) is 7.51. The van der Waals surface area contributed by atoms with Gasteiger partial charge < -0.3 is 9.88 Å². The van der Waals surface area contributed by atoms with Crippen LogP contribution < -0.4 is 5.32 Å². The number of piperidine rings is 1. The molecule has 5 rings (SSSR count). The summed E-state index contributed by atoms with van der Waals surface area (Å²) in [7, 11) is 0. The zero-order chi connectivity index (χ0) is 24.2. The fourth-order valence-corrected chi connectivity index (χ4v) is 5.13. The zero-order valence-electron chi connectivity index (χ0n) is 19.5. The molecule has 0 bridgehead atoms. The van der Waals surface area contributed by atoms with E-state index >= 15 is 0 Å². The van der Waals surface area contributed by atoms with E-state index in [4.69, 9.17) is 16.6 Å². The first-order valence-corrected chi connectivity index (χ1v) is 13.2. The third-order valence-electron chi connectivity index (χ3n) is 6.61. The van der Waals surface area contributed by atoms with E-state index in [2.05, 4.69) is 61.0 Å². The molecule has 1 aromatic heterocycles. The van der Waals surface area contributed by atoms with Crippen molar-refractivity contribution in [3.05, 3.63) is 99.2 Å². The number of halogens is 2. The lowest BCUT2D eigenvalue weighted by atomic mass is 9.97. The number of likely N-dealkylation sites (tertiary alicyclic amines) is 1. The predicted octanol–water partition coefficient (Wildman–Crippen LogP) is 6.03. The number of hydrogen-bond donors (Lipinski definition) is 1. The lowest BCUT2D eigenvalue weighted by molar-refractivity contribution is -0.127. The van der Waals surface area contributed by atoms with E-state index in [-0.39, 0.29) is 11.8 Å². The fourth-order valence-electron chi connectivity index (χ4n) is 4.74. The molecule has 0 aliphatic carbocycles. The maximum Gasteiger partial charge on any atom is 0.224 e. The average molecular weight is 552 g/mol. The van der Waals surface area contributed by atoms with Gasteiger partial charge >= 0.3 is 0 Å². The molecule has 35 heavy (non-hydrogen) atoms. The first-order chi connectivity index (χ1) is 17.0. The van der Waals surface area contributed by atoms with Crippen LogP contribution in [0, 0.1) is 5.92 Å². The molecule has 7 heteroatoms. The number of carbonyl (C=O) groups is 1. The number of aromatic nitrogens is 2. The predicted molar refractivity (Wildman–Crippen MR) is 144 cm³/mol. The van der Waals surface area contributed by atoms with Crippen molar-refractivity contribution in [1.82, 2.24) is 19.8 Å². The zero-order valence-corrected chi connectivity index (χ0v) is 21.8. The molecule has 3 aromatic carbocycles. The van der Waals surface area contributed by atoms with Gasteiger partial charge in [-0.1, -0.05) is 63.9 Å². The van der Waals surface area contributed by atoms with Gasteiger partial charge in [0, 0.05) is 29.1 Å². The van der Waals surface area contributed by atoms with Crippen molar-refractivity contribution in [3.63, 3.8) is 0 Å². The molecule has 180 valence electrons. The Balaban J connectivity index is 1.28. The fraction of sp³-hybridized carbons (Fsp3) is 0.286. The molecule has 1 saturated heterocycles. The summed E-state index contributed by atoms with van der Waals surface area (Å²) >= 11 is 9.55. The van der Waals surface area contributed by atoms with Crippen LogP contribution in [0.5, 0.6) is 0 Å². The Bertz CT molecular complexity index is 1300. The number of fused-ring (bicyclic) bond motifs is 1. The van der Waals surface area contributed by atoms with Crippen molar-refractivity contribution in [1.29, 1.82) is 0 Å². The first-order valence-electron chi connectivity index (χ1n) is 12.0. The van der Waals surface area contributed by atoms with E-state index in [0.29, 0.717) is 6.54 Å². The second-order valence-corrected chi connectivity index (χ2v) is 10.5. The van der Waals surface area contributed by atoms with Crippen LogP contribution in [0.4, 0.5) is 0 Å². The Hall–Kier alpha value is -2.67. The summed E-state index contributed by atoms with van der Waals surface area (Å²) in [5.41, 5.74) is 4.41. The van der Waals surface area contributed by atoms with Crippen molar-refractivity contribution in [2.45, 2.75) is 32.5 Å². The summed E-state index contributed by atoms with van der Waals surface area (Å²) in [6.07, 6.45) is 1.93. The lowest BCUT2D eigenvalue weighted by Gasteiger charge is -2.31. The number of nitrogens with zero attached hydrogens (tertiary/aromatic N) is 3. The van der Waals surface area contributed by atoms with Crippen LogP contribution in [0.2, 0.25) is 5.02 Å². The topological polar surface area (TPSA) is 50.2 Å². The average Bonchev–Trinajstić information content (AvgIpc) is 3.21. The number of amides is 1. The highest BCUT2D eigenvalue weighted by molar-refractivity contribution is 9.10. The van der Waals surface area contributed by atoms with E-state index in [1.807, 2.05) is 42.5 Å². The summed E-state index contributed by atoms with van der Waals surface area (Å²) in [5, 5.41) is 3.87. The minimum absolute atomic E-state index is 0.00621. The SMILES string of the molecule is O=C(NCc1ccc(Br)cc1)[C@H]1CCCN(Cc2nc3ccccc3n2Cc2ccc(Cl)cc2)C1. The summed E-state index contributed by atoms with van der Waals surface area (Å²) in [6, 6.07) is 24.3. The summed E-state index contributed by atoms with van der Waals surface area (Å²) in [6.45, 7) is 3.73. The van der Waals surface area contributed by atoms with Gasteiger partial charge in [-0.25, -0.2) is 4.98 Å². The van der Waals surface area contributed by atoms with E-state index < -0.39 is 0 Å². The lowest BCUT2D eigenvalue weighted by Crippen LogP contribution is -2.42. The van der Waals surface area contributed by atoms with Crippen LogP contribution in [-0.4, -0.2) is 33.4 Å². The van der Waals surface area contributed by atoms with Gasteiger partial charge in [0.25, 0.3) is 0 Å². The Labute approximate surface area is 219 Å². The molecule has 1 fully saturated rings. The Morgan fingerprint density at radius 2 is 1.74 bits per heavy atom. The number of carbonyl (C=O) groups excluding carboxylic acids is 1. The molecule has 1 amide bonds. The monoisotopic (exact) mass is 550 g/mol. The Morgan fingerprint density at radius 3 is 2.54 bits per heavy atom. The molecule has 4 aromatic rings. The smallest absolute Gasteiger partial charge is 0.224 e. The summed E-state index contributed by atoms with van der Waals surface area (Å²) in [4.78, 5) is 20.3. The minimum Gasteiger partial charge on any atom is -0.352 e. The number of para-hydroxylation sites is 2. The van der Waals surface area contributed by atoms with Crippen LogP contribution in [0.15, 0.2) is 77.3 Å². The standard InChI is InChI=1S/C28H28BrClN4O/c29-23-11-7-20(8-12-23)16-31-28(35)22-4-3-15-33(18-22)19-27-32-25-5-1-2-6-26(25)34(27)17-21-9-13-24(30)14-10-21/h1-2,5-14,22H,3-4,15-19H2,(H,31,35)/t22-/m0/s1. The molecule has 1 aliphatic heterocycles. The van der Waals surface area contributed by atoms with Gasteiger partial charge in [-0.3, -0.25) is 9.69 Å². The van der Waals surface area contributed by atoms with Gasteiger partial charge in [-0.2, -0.15) is 0 Å². The third kappa shape index (κ3) is 5.95. The number of benzene rings is 3. The molecule has 0 radical (unpaired) electrons. The molecular formula is C28H28BrClN4O. The third-order valence-corrected chi connectivity index (χ3v) is 7.39. The maximum absolute atomic E-state index is 12.9. The van der Waals surface area contributed by atoms with E-state index in [1.54, 1.807) is 0 Å². The number of imidazole rings is 1. The summed E-state index contributed by atoms with van der Waals surface area (Å²) in [5.74, 6) is 1.15. The second kappa shape index (κ2) is 10.9. The molecule has 2 heterocycles. The van der Waals surface area contributed by atoms with E-state index in [9.17, 15) is 4.79 Å². The van der Waals surface area contributed by atoms with Crippen LogP contribution in [-0.2, 0) is 24.4 Å². The molecular weight excluding hydrogens is 524 g/mol. The van der Waals surface area contributed by atoms with Crippen molar-refractivity contribution in [2.75, 3.05) is 13.1 Å². The van der Waals surface area contributed by atoms with Crippen LogP contribution in [0.3, 0.4) is 0 Å². The molecule has 5 nitrogen and oxygen atoms in total. The highest BCUT2D eigenvalue weighted by Crippen LogP contribution is 2.23. The summed E-state index contributed by atoms with van der Waals surface area (Å²) < 4.78 is 3.33. The Morgan fingerprint density at radius 1 is 1.00 bits per heavy atom. The largest absolute Gasteiger partial charge is 0.352 e. The van der Waals surface area contributed by atoms with Gasteiger partial charge in [0.15, 0.2) is 0 Å². The molecule has 1 aliphatic rings. The molecule has 1 N–H and O–H groups in total. The molecule has 0 saturated carbocycles. The number of nitrogens with one attached hydrogen (secondary N) is 1. The van der Waals surface area contributed by atoms with Crippen LogP contribution >= 0.6 is 27.5 Å². The van der Waals surface area contributed by atoms with E-state index in [1.165, 1.54) is 5.56 Å².